The Bertz CT molecular complexity index is 1530. The number of benzene rings is 2. The van der Waals surface area contributed by atoms with Crippen LogP contribution in [0.15, 0.2) is 57.9 Å². The second kappa shape index (κ2) is 9.98. The summed E-state index contributed by atoms with van der Waals surface area (Å²) in [5.41, 5.74) is 3.06. The van der Waals surface area contributed by atoms with Crippen molar-refractivity contribution in [2.75, 3.05) is 11.8 Å². The Labute approximate surface area is 209 Å². The largest absolute Gasteiger partial charge is 0.491 e. The van der Waals surface area contributed by atoms with Crippen molar-refractivity contribution in [1.29, 1.82) is 0 Å². The van der Waals surface area contributed by atoms with Crippen molar-refractivity contribution in [2.24, 2.45) is 0 Å². The summed E-state index contributed by atoms with van der Waals surface area (Å²) >= 11 is 0. The number of hydrogen-bond acceptors (Lipinski definition) is 7. The van der Waals surface area contributed by atoms with Gasteiger partial charge in [-0.2, -0.15) is 0 Å². The molecule has 0 saturated heterocycles. The first-order valence-electron chi connectivity index (χ1n) is 11.1. The lowest BCUT2D eigenvalue weighted by atomic mass is 10.0. The van der Waals surface area contributed by atoms with Gasteiger partial charge < -0.3 is 14.0 Å². The third kappa shape index (κ3) is 5.03. The van der Waals surface area contributed by atoms with Gasteiger partial charge in [-0.3, -0.25) is 9.71 Å². The first kappa shape index (κ1) is 25.2. The Hall–Kier alpha value is -3.92. The van der Waals surface area contributed by atoms with Crippen LogP contribution in [0.25, 0.3) is 11.1 Å². The van der Waals surface area contributed by atoms with Gasteiger partial charge in [0.05, 0.1) is 17.7 Å². The van der Waals surface area contributed by atoms with Crippen LogP contribution < -0.4 is 14.2 Å². The van der Waals surface area contributed by atoms with Crippen LogP contribution in [-0.2, 0) is 16.6 Å². The highest BCUT2D eigenvalue weighted by Gasteiger charge is 2.23. The summed E-state index contributed by atoms with van der Waals surface area (Å²) in [6, 6.07) is 12.6. The fourth-order valence-electron chi connectivity index (χ4n) is 3.76. The van der Waals surface area contributed by atoms with E-state index in [1.54, 1.807) is 57.2 Å². The highest BCUT2D eigenvalue weighted by molar-refractivity contribution is 7.92. The summed E-state index contributed by atoms with van der Waals surface area (Å²) in [7, 11) is -2.50. The fourth-order valence-corrected chi connectivity index (χ4v) is 5.05. The summed E-state index contributed by atoms with van der Waals surface area (Å²) in [6.07, 6.45) is 0. The maximum absolute atomic E-state index is 15.1. The molecule has 0 aliphatic heterocycles. The van der Waals surface area contributed by atoms with Gasteiger partial charge in [-0.1, -0.05) is 35.5 Å². The van der Waals surface area contributed by atoms with Crippen molar-refractivity contribution in [1.82, 2.24) is 10.1 Å². The lowest BCUT2D eigenvalue weighted by molar-refractivity contribution is 0.277. The lowest BCUT2D eigenvalue weighted by Crippen LogP contribution is -2.15. The normalized spacial score (nSPS) is 11.4. The summed E-state index contributed by atoms with van der Waals surface area (Å²) < 4.78 is 60.1. The molecular formula is C26H26FN3O5S. The molecule has 8 nitrogen and oxygen atoms in total. The first-order valence-corrected chi connectivity index (χ1v) is 12.6. The molecule has 0 fully saturated rings. The Morgan fingerprint density at radius 3 is 2.47 bits per heavy atom. The number of aromatic nitrogens is 2. The predicted octanol–water partition coefficient (Wildman–Crippen LogP) is 5.50. The number of rotatable bonds is 8. The monoisotopic (exact) mass is 511 g/mol. The van der Waals surface area contributed by atoms with Crippen molar-refractivity contribution in [3.8, 4) is 22.6 Å². The molecule has 0 aliphatic rings. The van der Waals surface area contributed by atoms with Gasteiger partial charge in [0.2, 0.25) is 0 Å². The third-order valence-electron chi connectivity index (χ3n) is 5.75. The van der Waals surface area contributed by atoms with Gasteiger partial charge in [0.1, 0.15) is 18.2 Å². The number of nitrogens with one attached hydrogen (secondary N) is 1. The minimum atomic E-state index is -4.03. The molecule has 36 heavy (non-hydrogen) atoms. The molecule has 2 heterocycles. The van der Waals surface area contributed by atoms with E-state index in [-0.39, 0.29) is 17.3 Å². The van der Waals surface area contributed by atoms with Gasteiger partial charge in [-0.05, 0) is 45.4 Å². The van der Waals surface area contributed by atoms with E-state index in [0.717, 1.165) is 5.69 Å². The molecule has 2 aromatic heterocycles. The molecular weight excluding hydrogens is 485 g/mol. The molecule has 188 valence electrons. The molecule has 0 amide bonds. The number of ether oxygens (including phenoxy) is 2. The minimum absolute atomic E-state index is 0.0130. The van der Waals surface area contributed by atoms with E-state index >= 15 is 4.39 Å². The van der Waals surface area contributed by atoms with Crippen molar-refractivity contribution in [3.63, 3.8) is 0 Å². The van der Waals surface area contributed by atoms with Crippen LogP contribution in [0.2, 0.25) is 0 Å². The van der Waals surface area contributed by atoms with Crippen molar-refractivity contribution >= 4 is 15.8 Å². The van der Waals surface area contributed by atoms with Gasteiger partial charge in [0.25, 0.3) is 10.0 Å². The molecule has 0 saturated carbocycles. The summed E-state index contributed by atoms with van der Waals surface area (Å²) in [4.78, 5) is 4.33. The van der Waals surface area contributed by atoms with Gasteiger partial charge in [0.15, 0.2) is 17.3 Å². The smallest absolute Gasteiger partial charge is 0.263 e. The SMILES string of the molecule is COc1c(OCc2ccc(-c3ccccc3S(=O)(=O)Nc3noc(C)c3C)cc2F)cc(C)nc1C. The number of methoxy groups -OCH3 is 1. The number of anilines is 1. The zero-order chi connectivity index (χ0) is 26.0. The Balaban J connectivity index is 1.61. The minimum Gasteiger partial charge on any atom is -0.491 e. The quantitative estimate of drug-likeness (QED) is 0.333. The molecule has 0 bridgehead atoms. The number of hydrogen-bond donors (Lipinski definition) is 1. The number of pyridine rings is 1. The van der Waals surface area contributed by atoms with Crippen LogP contribution in [0.4, 0.5) is 10.2 Å². The Kier molecular flexibility index (Phi) is 6.98. The van der Waals surface area contributed by atoms with E-state index < -0.39 is 15.8 Å². The average Bonchev–Trinajstić information content (AvgIpc) is 3.14. The van der Waals surface area contributed by atoms with Crippen LogP contribution in [0.1, 0.15) is 28.3 Å². The highest BCUT2D eigenvalue weighted by Crippen LogP contribution is 2.33. The number of nitrogens with zero attached hydrogens (tertiary/aromatic N) is 2. The van der Waals surface area contributed by atoms with Crippen LogP contribution in [0.3, 0.4) is 0 Å². The Morgan fingerprint density at radius 1 is 1.06 bits per heavy atom. The molecule has 2 aromatic carbocycles. The van der Waals surface area contributed by atoms with E-state index in [4.69, 9.17) is 14.0 Å². The topological polar surface area (TPSA) is 104 Å². The lowest BCUT2D eigenvalue weighted by Gasteiger charge is -2.15. The highest BCUT2D eigenvalue weighted by atomic mass is 32.2. The van der Waals surface area contributed by atoms with Crippen LogP contribution in [-0.4, -0.2) is 25.7 Å². The van der Waals surface area contributed by atoms with Crippen LogP contribution in [0, 0.1) is 33.5 Å². The van der Waals surface area contributed by atoms with Crippen LogP contribution >= 0.6 is 0 Å². The zero-order valence-corrected chi connectivity index (χ0v) is 21.4. The second-order valence-electron chi connectivity index (χ2n) is 8.29. The Morgan fingerprint density at radius 2 is 1.81 bits per heavy atom. The molecule has 4 aromatic rings. The molecule has 0 aliphatic carbocycles. The summed E-state index contributed by atoms with van der Waals surface area (Å²) in [6.45, 7) is 6.99. The molecule has 0 spiro atoms. The molecule has 0 atom stereocenters. The van der Waals surface area contributed by atoms with Gasteiger partial charge >= 0.3 is 0 Å². The molecule has 10 heteroatoms. The maximum atomic E-state index is 15.1. The van der Waals surface area contributed by atoms with Crippen molar-refractivity contribution < 1.29 is 26.8 Å². The molecule has 4 rings (SSSR count). The third-order valence-corrected chi connectivity index (χ3v) is 7.15. The second-order valence-corrected chi connectivity index (χ2v) is 9.94. The number of aryl methyl sites for hydroxylation is 3. The molecule has 1 N–H and O–H groups in total. The molecule has 0 radical (unpaired) electrons. The fraction of sp³-hybridized carbons (Fsp3) is 0.231. The van der Waals surface area contributed by atoms with Crippen LogP contribution in [0.5, 0.6) is 11.5 Å². The zero-order valence-electron chi connectivity index (χ0n) is 20.5. The predicted molar refractivity (Wildman–Crippen MR) is 133 cm³/mol. The first-order chi connectivity index (χ1) is 17.1. The average molecular weight is 512 g/mol. The van der Waals surface area contributed by atoms with Gasteiger partial charge in [-0.25, -0.2) is 12.8 Å². The van der Waals surface area contributed by atoms with Gasteiger partial charge in [-0.15, -0.1) is 0 Å². The summed E-state index contributed by atoms with van der Waals surface area (Å²) in [5.74, 6) is 1.04. The number of sulfonamides is 1. The van der Waals surface area contributed by atoms with E-state index in [0.29, 0.717) is 45.2 Å². The van der Waals surface area contributed by atoms with E-state index in [9.17, 15) is 8.42 Å². The van der Waals surface area contributed by atoms with E-state index in [1.165, 1.54) is 19.2 Å². The molecule has 0 unspecified atom stereocenters. The van der Waals surface area contributed by atoms with Crippen molar-refractivity contribution in [3.05, 3.63) is 82.6 Å². The standard InChI is InChI=1S/C26H26FN3O5S/c1-15-12-23(25(33-5)17(3)28-15)34-14-20-11-10-19(13-22(20)27)21-8-6-7-9-24(21)36(31,32)30-26-16(2)18(4)35-29-26/h6-13H,14H2,1-5H3,(H,29,30). The maximum Gasteiger partial charge on any atom is 0.263 e. The van der Waals surface area contributed by atoms with Gasteiger partial charge in [0, 0.05) is 28.5 Å². The summed E-state index contributed by atoms with van der Waals surface area (Å²) in [5, 5.41) is 3.77. The van der Waals surface area contributed by atoms with E-state index in [2.05, 4.69) is 14.9 Å². The number of halogens is 1. The van der Waals surface area contributed by atoms with Crippen molar-refractivity contribution in [2.45, 2.75) is 39.2 Å². The van der Waals surface area contributed by atoms with E-state index in [1.807, 2.05) is 6.92 Å².